The molecule has 3 rings (SSSR count). The van der Waals surface area contributed by atoms with Crippen molar-refractivity contribution < 1.29 is 4.39 Å². The molecule has 3 aromatic rings. The van der Waals surface area contributed by atoms with E-state index in [0.717, 1.165) is 0 Å². The SMILES string of the molecule is CC(Nc1c(Nc2ccncc2)c(=O)c1=O)c1cccc(F)c1. The van der Waals surface area contributed by atoms with Crippen LogP contribution in [0.4, 0.5) is 21.5 Å². The minimum absolute atomic E-state index is 0.212. The predicted molar refractivity (Wildman–Crippen MR) is 87.3 cm³/mol. The Morgan fingerprint density at radius 1 is 1.04 bits per heavy atom. The van der Waals surface area contributed by atoms with Gasteiger partial charge in [0.25, 0.3) is 10.9 Å². The lowest BCUT2D eigenvalue weighted by Gasteiger charge is -2.20. The molecule has 116 valence electrons. The van der Waals surface area contributed by atoms with Gasteiger partial charge in [0, 0.05) is 24.1 Å². The van der Waals surface area contributed by atoms with E-state index < -0.39 is 10.9 Å². The summed E-state index contributed by atoms with van der Waals surface area (Å²) < 4.78 is 13.3. The van der Waals surface area contributed by atoms with Gasteiger partial charge < -0.3 is 10.6 Å². The first-order valence-electron chi connectivity index (χ1n) is 7.08. The zero-order valence-corrected chi connectivity index (χ0v) is 12.3. The van der Waals surface area contributed by atoms with Gasteiger partial charge in [-0.1, -0.05) is 12.1 Å². The lowest BCUT2D eigenvalue weighted by atomic mass is 10.1. The molecule has 0 aliphatic carbocycles. The number of nitrogens with one attached hydrogen (secondary N) is 2. The highest BCUT2D eigenvalue weighted by atomic mass is 19.1. The lowest BCUT2D eigenvalue weighted by Crippen LogP contribution is -2.37. The van der Waals surface area contributed by atoms with Crippen molar-refractivity contribution in [3.8, 4) is 0 Å². The van der Waals surface area contributed by atoms with Crippen LogP contribution in [0.2, 0.25) is 0 Å². The van der Waals surface area contributed by atoms with Crippen LogP contribution in [0.5, 0.6) is 0 Å². The van der Waals surface area contributed by atoms with Gasteiger partial charge in [0.1, 0.15) is 17.2 Å². The molecule has 23 heavy (non-hydrogen) atoms. The van der Waals surface area contributed by atoms with Gasteiger partial charge in [-0.2, -0.15) is 0 Å². The largest absolute Gasteiger partial charge is 0.373 e. The van der Waals surface area contributed by atoms with Gasteiger partial charge in [-0.15, -0.1) is 0 Å². The Morgan fingerprint density at radius 3 is 2.43 bits per heavy atom. The van der Waals surface area contributed by atoms with E-state index in [1.54, 1.807) is 43.6 Å². The predicted octanol–water partition coefficient (Wildman–Crippen LogP) is 2.73. The maximum Gasteiger partial charge on any atom is 0.253 e. The topological polar surface area (TPSA) is 71.1 Å². The Balaban J connectivity index is 1.83. The first kappa shape index (κ1) is 14.9. The summed E-state index contributed by atoms with van der Waals surface area (Å²) in [6, 6.07) is 9.16. The Hall–Kier alpha value is -3.02. The summed E-state index contributed by atoms with van der Waals surface area (Å²) in [5.41, 5.74) is 0.620. The average Bonchev–Trinajstić information content (AvgIpc) is 2.58. The van der Waals surface area contributed by atoms with Gasteiger partial charge in [-0.05, 0) is 36.8 Å². The van der Waals surface area contributed by atoms with E-state index in [-0.39, 0.29) is 23.2 Å². The van der Waals surface area contributed by atoms with Crippen molar-refractivity contribution in [3.05, 3.63) is 80.6 Å². The Kier molecular flexibility index (Phi) is 3.89. The maximum absolute atomic E-state index is 13.3. The van der Waals surface area contributed by atoms with E-state index in [1.165, 1.54) is 12.1 Å². The summed E-state index contributed by atoms with van der Waals surface area (Å²) in [6.45, 7) is 1.79. The van der Waals surface area contributed by atoms with Crippen LogP contribution in [0.3, 0.4) is 0 Å². The standard InChI is InChI=1S/C17H14FN3O2/c1-10(11-3-2-4-12(18)9-11)20-14-15(17(23)16(14)22)21-13-5-7-19-8-6-13/h2-10,20H,1H3,(H,19,21). The normalized spacial score (nSPS) is 12.1. The molecule has 0 aliphatic rings. The van der Waals surface area contributed by atoms with Crippen LogP contribution in [-0.2, 0) is 0 Å². The lowest BCUT2D eigenvalue weighted by molar-refractivity contribution is 0.623. The summed E-state index contributed by atoms with van der Waals surface area (Å²) in [6.07, 6.45) is 3.16. The van der Waals surface area contributed by atoms with E-state index in [4.69, 9.17) is 0 Å². The fourth-order valence-electron chi connectivity index (χ4n) is 2.30. The monoisotopic (exact) mass is 311 g/mol. The number of nitrogens with zero attached hydrogens (tertiary/aromatic N) is 1. The second-order valence-corrected chi connectivity index (χ2v) is 5.19. The fraction of sp³-hybridized carbons (Fsp3) is 0.118. The van der Waals surface area contributed by atoms with E-state index >= 15 is 0 Å². The molecule has 1 atom stereocenters. The fourth-order valence-corrected chi connectivity index (χ4v) is 2.30. The molecule has 0 fully saturated rings. The van der Waals surface area contributed by atoms with E-state index in [1.807, 2.05) is 0 Å². The van der Waals surface area contributed by atoms with Crippen molar-refractivity contribution in [1.82, 2.24) is 4.98 Å². The van der Waals surface area contributed by atoms with Gasteiger partial charge in [-0.3, -0.25) is 14.6 Å². The maximum atomic E-state index is 13.3. The molecule has 0 saturated carbocycles. The molecule has 6 heteroatoms. The molecule has 1 unspecified atom stereocenters. The number of benzene rings is 1. The summed E-state index contributed by atoms with van der Waals surface area (Å²) in [4.78, 5) is 27.4. The molecule has 0 radical (unpaired) electrons. The molecule has 2 N–H and O–H groups in total. The number of halogens is 1. The van der Waals surface area contributed by atoms with Crippen molar-refractivity contribution in [2.45, 2.75) is 13.0 Å². The van der Waals surface area contributed by atoms with E-state index in [0.29, 0.717) is 11.3 Å². The highest BCUT2D eigenvalue weighted by Crippen LogP contribution is 2.25. The molecule has 0 amide bonds. The van der Waals surface area contributed by atoms with Crippen LogP contribution in [0, 0.1) is 5.82 Å². The van der Waals surface area contributed by atoms with Crippen molar-refractivity contribution >= 4 is 17.1 Å². The number of hydrogen-bond acceptors (Lipinski definition) is 5. The molecular formula is C17H14FN3O2. The highest BCUT2D eigenvalue weighted by molar-refractivity contribution is 5.78. The third kappa shape index (κ3) is 2.96. The van der Waals surface area contributed by atoms with Gasteiger partial charge in [0.2, 0.25) is 0 Å². The van der Waals surface area contributed by atoms with Crippen LogP contribution in [0.15, 0.2) is 58.4 Å². The van der Waals surface area contributed by atoms with Crippen molar-refractivity contribution in [3.63, 3.8) is 0 Å². The number of hydrogen-bond donors (Lipinski definition) is 2. The molecular weight excluding hydrogens is 297 g/mol. The van der Waals surface area contributed by atoms with E-state index in [2.05, 4.69) is 15.6 Å². The van der Waals surface area contributed by atoms with Gasteiger partial charge >= 0.3 is 0 Å². The Morgan fingerprint density at radius 2 is 1.74 bits per heavy atom. The molecule has 1 heterocycles. The third-order valence-electron chi connectivity index (χ3n) is 3.57. The number of pyridine rings is 1. The second kappa shape index (κ2) is 6.00. The summed E-state index contributed by atoms with van der Waals surface area (Å²) in [5, 5.41) is 5.88. The van der Waals surface area contributed by atoms with Crippen LogP contribution in [-0.4, -0.2) is 4.98 Å². The van der Waals surface area contributed by atoms with Gasteiger partial charge in [0.15, 0.2) is 0 Å². The molecule has 0 bridgehead atoms. The summed E-state index contributed by atoms with van der Waals surface area (Å²) in [5.74, 6) is -0.351. The molecule has 0 saturated heterocycles. The van der Waals surface area contributed by atoms with Crippen molar-refractivity contribution in [2.24, 2.45) is 0 Å². The molecule has 1 aromatic heterocycles. The third-order valence-corrected chi connectivity index (χ3v) is 3.57. The molecule has 0 spiro atoms. The summed E-state index contributed by atoms with van der Waals surface area (Å²) in [7, 11) is 0. The minimum atomic E-state index is -0.579. The minimum Gasteiger partial charge on any atom is -0.373 e. The van der Waals surface area contributed by atoms with E-state index in [9.17, 15) is 14.0 Å². The van der Waals surface area contributed by atoms with Crippen LogP contribution in [0.1, 0.15) is 18.5 Å². The number of rotatable bonds is 5. The molecule has 0 aliphatic heterocycles. The highest BCUT2D eigenvalue weighted by Gasteiger charge is 2.22. The van der Waals surface area contributed by atoms with Crippen LogP contribution >= 0.6 is 0 Å². The second-order valence-electron chi connectivity index (χ2n) is 5.19. The van der Waals surface area contributed by atoms with Crippen LogP contribution < -0.4 is 21.5 Å². The first-order valence-corrected chi connectivity index (χ1v) is 7.08. The van der Waals surface area contributed by atoms with Crippen LogP contribution in [0.25, 0.3) is 0 Å². The molecule has 5 nitrogen and oxygen atoms in total. The number of aromatic nitrogens is 1. The Labute approximate surface area is 131 Å². The molecule has 2 aromatic carbocycles. The Bertz CT molecular complexity index is 902. The van der Waals surface area contributed by atoms with Crippen molar-refractivity contribution in [2.75, 3.05) is 10.6 Å². The quantitative estimate of drug-likeness (QED) is 0.709. The zero-order valence-electron chi connectivity index (χ0n) is 12.3. The first-order chi connectivity index (χ1) is 11.1. The summed E-state index contributed by atoms with van der Waals surface area (Å²) >= 11 is 0. The number of anilines is 3. The average molecular weight is 311 g/mol. The zero-order chi connectivity index (χ0) is 16.4. The van der Waals surface area contributed by atoms with Gasteiger partial charge in [0.05, 0.1) is 0 Å². The van der Waals surface area contributed by atoms with Crippen molar-refractivity contribution in [1.29, 1.82) is 0 Å². The van der Waals surface area contributed by atoms with Gasteiger partial charge in [-0.25, -0.2) is 4.39 Å². The smallest absolute Gasteiger partial charge is 0.253 e.